The van der Waals surface area contributed by atoms with Crippen LogP contribution in [0, 0.1) is 6.92 Å². The molecular formula is C14H23NO3. The molecule has 0 aliphatic heterocycles. The lowest BCUT2D eigenvalue weighted by Gasteiger charge is -2.27. The highest BCUT2D eigenvalue weighted by Gasteiger charge is 2.22. The van der Waals surface area contributed by atoms with E-state index in [0.29, 0.717) is 19.3 Å². The average molecular weight is 253 g/mol. The Kier molecular flexibility index (Phi) is 4.80. The normalized spacial score (nSPS) is 24.4. The zero-order valence-corrected chi connectivity index (χ0v) is 11.3. The molecule has 1 saturated carbocycles. The SMILES string of the molecule is COC1CCCC(OCc2cc(C)c(CN)o2)C1. The van der Waals surface area contributed by atoms with E-state index >= 15 is 0 Å². The van der Waals surface area contributed by atoms with Gasteiger partial charge in [-0.15, -0.1) is 0 Å². The van der Waals surface area contributed by atoms with Crippen LogP contribution in [0.4, 0.5) is 0 Å². The summed E-state index contributed by atoms with van der Waals surface area (Å²) in [5.74, 6) is 1.72. The molecule has 1 aromatic rings. The second-order valence-electron chi connectivity index (χ2n) is 4.98. The van der Waals surface area contributed by atoms with Crippen LogP contribution in [0.2, 0.25) is 0 Å². The first kappa shape index (κ1) is 13.6. The van der Waals surface area contributed by atoms with Crippen LogP contribution in [0.5, 0.6) is 0 Å². The number of ether oxygens (including phenoxy) is 2. The number of hydrogen-bond acceptors (Lipinski definition) is 4. The highest BCUT2D eigenvalue weighted by atomic mass is 16.5. The monoisotopic (exact) mass is 253 g/mol. The van der Waals surface area contributed by atoms with Gasteiger partial charge in [-0.25, -0.2) is 0 Å². The molecule has 1 heterocycles. The largest absolute Gasteiger partial charge is 0.462 e. The highest BCUT2D eigenvalue weighted by Crippen LogP contribution is 2.24. The van der Waals surface area contributed by atoms with E-state index in [1.807, 2.05) is 13.0 Å². The molecule has 4 heteroatoms. The summed E-state index contributed by atoms with van der Waals surface area (Å²) in [6.07, 6.45) is 5.06. The smallest absolute Gasteiger partial charge is 0.130 e. The van der Waals surface area contributed by atoms with Gasteiger partial charge in [-0.1, -0.05) is 0 Å². The predicted octanol–water partition coefficient (Wildman–Crippen LogP) is 2.52. The fourth-order valence-corrected chi connectivity index (χ4v) is 2.53. The van der Waals surface area contributed by atoms with Crippen molar-refractivity contribution < 1.29 is 13.9 Å². The minimum absolute atomic E-state index is 0.287. The van der Waals surface area contributed by atoms with Gasteiger partial charge in [0.1, 0.15) is 18.1 Å². The molecular weight excluding hydrogens is 230 g/mol. The predicted molar refractivity (Wildman–Crippen MR) is 69.2 cm³/mol. The van der Waals surface area contributed by atoms with Gasteiger partial charge in [0, 0.05) is 7.11 Å². The van der Waals surface area contributed by atoms with Gasteiger partial charge in [-0.05, 0) is 44.2 Å². The standard InChI is InChI=1S/C14H23NO3/c1-10-6-13(18-14(10)8-15)9-17-12-5-3-4-11(7-12)16-2/h6,11-12H,3-5,7-9,15H2,1-2H3. The molecule has 0 radical (unpaired) electrons. The van der Waals surface area contributed by atoms with Gasteiger partial charge in [0.05, 0.1) is 18.8 Å². The maximum atomic E-state index is 5.90. The lowest BCUT2D eigenvalue weighted by molar-refractivity contribution is -0.0406. The maximum Gasteiger partial charge on any atom is 0.130 e. The average Bonchev–Trinajstić information content (AvgIpc) is 2.77. The molecule has 0 amide bonds. The minimum Gasteiger partial charge on any atom is -0.462 e. The molecule has 0 spiro atoms. The summed E-state index contributed by atoms with van der Waals surface area (Å²) in [5.41, 5.74) is 6.69. The van der Waals surface area contributed by atoms with Crippen LogP contribution in [-0.4, -0.2) is 19.3 Å². The molecule has 102 valence electrons. The van der Waals surface area contributed by atoms with E-state index < -0.39 is 0 Å². The van der Waals surface area contributed by atoms with E-state index in [4.69, 9.17) is 19.6 Å². The Hall–Kier alpha value is -0.840. The fourth-order valence-electron chi connectivity index (χ4n) is 2.53. The van der Waals surface area contributed by atoms with Crippen LogP contribution in [0.25, 0.3) is 0 Å². The third-order valence-electron chi connectivity index (χ3n) is 3.63. The minimum atomic E-state index is 0.287. The fraction of sp³-hybridized carbons (Fsp3) is 0.714. The van der Waals surface area contributed by atoms with E-state index in [9.17, 15) is 0 Å². The molecule has 2 unspecified atom stereocenters. The second kappa shape index (κ2) is 6.36. The van der Waals surface area contributed by atoms with Crippen LogP contribution in [0.3, 0.4) is 0 Å². The summed E-state index contributed by atoms with van der Waals surface area (Å²) < 4.78 is 16.9. The third kappa shape index (κ3) is 3.34. The van der Waals surface area contributed by atoms with Crippen molar-refractivity contribution in [2.45, 2.75) is 58.0 Å². The van der Waals surface area contributed by atoms with Gasteiger partial charge >= 0.3 is 0 Å². The highest BCUT2D eigenvalue weighted by molar-refractivity contribution is 5.19. The van der Waals surface area contributed by atoms with E-state index in [0.717, 1.165) is 36.3 Å². The number of furan rings is 1. The van der Waals surface area contributed by atoms with Crippen molar-refractivity contribution in [2.24, 2.45) is 5.73 Å². The molecule has 0 bridgehead atoms. The second-order valence-corrected chi connectivity index (χ2v) is 4.98. The summed E-state index contributed by atoms with van der Waals surface area (Å²) in [4.78, 5) is 0. The molecule has 0 aromatic carbocycles. The van der Waals surface area contributed by atoms with Crippen LogP contribution in [0.15, 0.2) is 10.5 Å². The number of hydrogen-bond donors (Lipinski definition) is 1. The zero-order valence-electron chi connectivity index (χ0n) is 11.3. The Bertz CT molecular complexity index is 375. The topological polar surface area (TPSA) is 57.6 Å². The number of nitrogens with two attached hydrogens (primary N) is 1. The first-order chi connectivity index (χ1) is 8.72. The summed E-state index contributed by atoms with van der Waals surface area (Å²) in [6.45, 7) is 2.99. The molecule has 4 nitrogen and oxygen atoms in total. The number of methoxy groups -OCH3 is 1. The van der Waals surface area contributed by atoms with Crippen LogP contribution >= 0.6 is 0 Å². The number of rotatable bonds is 5. The summed E-state index contributed by atoms with van der Waals surface area (Å²) in [5, 5.41) is 0. The van der Waals surface area contributed by atoms with Gasteiger partial charge in [-0.3, -0.25) is 0 Å². The maximum absolute atomic E-state index is 5.90. The van der Waals surface area contributed by atoms with Crippen molar-refractivity contribution in [3.8, 4) is 0 Å². The quantitative estimate of drug-likeness (QED) is 0.876. The molecule has 18 heavy (non-hydrogen) atoms. The Labute approximate surface area is 108 Å². The Morgan fingerprint density at radius 1 is 1.39 bits per heavy atom. The molecule has 1 aliphatic rings. The summed E-state index contributed by atoms with van der Waals surface area (Å²) >= 11 is 0. The Morgan fingerprint density at radius 3 is 2.83 bits per heavy atom. The Balaban J connectivity index is 1.83. The van der Waals surface area contributed by atoms with E-state index in [1.54, 1.807) is 7.11 Å². The van der Waals surface area contributed by atoms with Crippen molar-refractivity contribution in [3.05, 3.63) is 23.2 Å². The van der Waals surface area contributed by atoms with Gasteiger partial charge in [-0.2, -0.15) is 0 Å². The van der Waals surface area contributed by atoms with Crippen LogP contribution in [0.1, 0.15) is 42.8 Å². The van der Waals surface area contributed by atoms with Gasteiger partial charge in [0.2, 0.25) is 0 Å². The van der Waals surface area contributed by atoms with Crippen LogP contribution < -0.4 is 5.73 Å². The van der Waals surface area contributed by atoms with Crippen molar-refractivity contribution >= 4 is 0 Å². The van der Waals surface area contributed by atoms with Gasteiger partial charge in [0.15, 0.2) is 0 Å². The van der Waals surface area contributed by atoms with E-state index in [-0.39, 0.29) is 6.10 Å². The molecule has 2 N–H and O–H groups in total. The zero-order chi connectivity index (χ0) is 13.0. The van der Waals surface area contributed by atoms with E-state index in [1.165, 1.54) is 6.42 Å². The molecule has 1 aromatic heterocycles. The van der Waals surface area contributed by atoms with Gasteiger partial charge in [0.25, 0.3) is 0 Å². The summed E-state index contributed by atoms with van der Waals surface area (Å²) in [6, 6.07) is 2.01. The van der Waals surface area contributed by atoms with Crippen molar-refractivity contribution in [2.75, 3.05) is 7.11 Å². The third-order valence-corrected chi connectivity index (χ3v) is 3.63. The van der Waals surface area contributed by atoms with Crippen molar-refractivity contribution in [1.82, 2.24) is 0 Å². The molecule has 2 rings (SSSR count). The lowest BCUT2D eigenvalue weighted by Crippen LogP contribution is -2.27. The number of aryl methyl sites for hydroxylation is 1. The first-order valence-corrected chi connectivity index (χ1v) is 6.65. The molecule has 1 aliphatic carbocycles. The van der Waals surface area contributed by atoms with Gasteiger partial charge < -0.3 is 19.6 Å². The van der Waals surface area contributed by atoms with Crippen molar-refractivity contribution in [1.29, 1.82) is 0 Å². The summed E-state index contributed by atoms with van der Waals surface area (Å²) in [7, 11) is 1.77. The van der Waals surface area contributed by atoms with E-state index in [2.05, 4.69) is 0 Å². The molecule has 2 atom stereocenters. The van der Waals surface area contributed by atoms with Crippen LogP contribution in [-0.2, 0) is 22.6 Å². The lowest BCUT2D eigenvalue weighted by atomic mass is 9.95. The first-order valence-electron chi connectivity index (χ1n) is 6.65. The molecule has 1 fully saturated rings. The molecule has 0 saturated heterocycles. The van der Waals surface area contributed by atoms with Crippen molar-refractivity contribution in [3.63, 3.8) is 0 Å². The Morgan fingerprint density at radius 2 is 2.17 bits per heavy atom.